The summed E-state index contributed by atoms with van der Waals surface area (Å²) in [5.74, 6) is 0. The van der Waals surface area contributed by atoms with Crippen molar-refractivity contribution in [1.82, 2.24) is 5.32 Å². The summed E-state index contributed by atoms with van der Waals surface area (Å²) < 4.78 is 0. The van der Waals surface area contributed by atoms with Crippen molar-refractivity contribution in [3.63, 3.8) is 0 Å². The first-order chi connectivity index (χ1) is 4.93. The van der Waals surface area contributed by atoms with Crippen LogP contribution in [0.5, 0.6) is 0 Å². The maximum Gasteiger partial charge on any atom is 0.0837 e. The molecule has 0 saturated carbocycles. The van der Waals surface area contributed by atoms with E-state index in [2.05, 4.69) is 5.32 Å². The van der Waals surface area contributed by atoms with Gasteiger partial charge < -0.3 is 5.32 Å². The molecule has 1 fully saturated rings. The van der Waals surface area contributed by atoms with Crippen molar-refractivity contribution in [2.45, 2.75) is 38.1 Å². The summed E-state index contributed by atoms with van der Waals surface area (Å²) in [5, 5.41) is 13.7. The van der Waals surface area contributed by atoms with E-state index in [4.69, 9.17) is 0 Å². The Balaban J connectivity index is 2.15. The van der Waals surface area contributed by atoms with Crippen LogP contribution in [0.2, 0.25) is 0 Å². The second kappa shape index (κ2) is 4.69. The summed E-state index contributed by atoms with van der Waals surface area (Å²) in [6.07, 6.45) is 5.96. The second-order valence-electron chi connectivity index (χ2n) is 2.99. The topological polar surface area (TPSA) is 31.9 Å². The molecule has 2 nitrogen and oxygen atoms in total. The number of nitrogens with one attached hydrogen (secondary N) is 1. The van der Waals surface area contributed by atoms with Crippen molar-refractivity contribution in [3.8, 4) is 0 Å². The first-order valence-electron chi connectivity index (χ1n) is 4.25. The van der Waals surface area contributed by atoms with Gasteiger partial charge in [0.15, 0.2) is 0 Å². The fourth-order valence-corrected chi connectivity index (χ4v) is 1.49. The number of hydrogen-bond donors (Lipinski definition) is 1. The zero-order valence-electron chi connectivity index (χ0n) is 6.44. The third kappa shape index (κ3) is 2.67. The van der Waals surface area contributed by atoms with E-state index in [1.165, 1.54) is 25.7 Å². The fraction of sp³-hybridized carbons (Fsp3) is 1.00. The Morgan fingerprint density at radius 1 is 1.30 bits per heavy atom. The maximum atomic E-state index is 10.3. The molecule has 1 rings (SSSR count). The molecule has 59 valence electrons. The molecule has 0 aromatic rings. The molecule has 10 heavy (non-hydrogen) atoms. The predicted molar refractivity (Wildman–Crippen MR) is 40.4 cm³/mol. The molecule has 0 aromatic carbocycles. The Hall–Kier alpha value is -0.0800. The Morgan fingerprint density at radius 2 is 2.20 bits per heavy atom. The molecule has 1 aliphatic rings. The van der Waals surface area contributed by atoms with Gasteiger partial charge in [0.05, 0.1) is 6.61 Å². The molecule has 0 spiro atoms. The van der Waals surface area contributed by atoms with Crippen LogP contribution in [-0.4, -0.2) is 19.2 Å². The monoisotopic (exact) mass is 142 g/mol. The SMILES string of the molecule is [O]CCC1CCCCCN1. The van der Waals surface area contributed by atoms with E-state index < -0.39 is 0 Å². The highest BCUT2D eigenvalue weighted by atomic mass is 16.3. The molecule has 1 aliphatic heterocycles. The molecule has 1 atom stereocenters. The van der Waals surface area contributed by atoms with Crippen LogP contribution in [0.15, 0.2) is 0 Å². The molecule has 1 saturated heterocycles. The third-order valence-electron chi connectivity index (χ3n) is 2.13. The molecule has 0 aliphatic carbocycles. The van der Waals surface area contributed by atoms with Gasteiger partial charge in [-0.2, -0.15) is 0 Å². The van der Waals surface area contributed by atoms with Crippen LogP contribution in [0.1, 0.15) is 32.1 Å². The van der Waals surface area contributed by atoms with Gasteiger partial charge in [0, 0.05) is 6.04 Å². The largest absolute Gasteiger partial charge is 0.314 e. The number of rotatable bonds is 2. The minimum Gasteiger partial charge on any atom is -0.314 e. The second-order valence-corrected chi connectivity index (χ2v) is 2.99. The minimum atomic E-state index is 0.0810. The summed E-state index contributed by atoms with van der Waals surface area (Å²) in [7, 11) is 0. The van der Waals surface area contributed by atoms with E-state index in [1.807, 2.05) is 0 Å². The molecule has 1 unspecified atom stereocenters. The lowest BCUT2D eigenvalue weighted by Gasteiger charge is -2.12. The van der Waals surface area contributed by atoms with Crippen molar-refractivity contribution in [2.24, 2.45) is 0 Å². The zero-order chi connectivity index (χ0) is 7.23. The highest BCUT2D eigenvalue weighted by Crippen LogP contribution is 2.10. The van der Waals surface area contributed by atoms with Crippen molar-refractivity contribution >= 4 is 0 Å². The summed E-state index contributed by atoms with van der Waals surface area (Å²) in [5.41, 5.74) is 0. The van der Waals surface area contributed by atoms with Crippen LogP contribution < -0.4 is 5.32 Å². The molecule has 0 bridgehead atoms. The summed E-state index contributed by atoms with van der Waals surface area (Å²) in [6, 6.07) is 0.528. The van der Waals surface area contributed by atoms with Crippen LogP contribution in [0.3, 0.4) is 0 Å². The van der Waals surface area contributed by atoms with E-state index in [9.17, 15) is 5.11 Å². The normalized spacial score (nSPS) is 27.9. The van der Waals surface area contributed by atoms with E-state index in [0.29, 0.717) is 6.04 Å². The predicted octanol–water partition coefficient (Wildman–Crippen LogP) is 1.34. The first-order valence-corrected chi connectivity index (χ1v) is 4.25. The van der Waals surface area contributed by atoms with Crippen molar-refractivity contribution in [3.05, 3.63) is 0 Å². The van der Waals surface area contributed by atoms with E-state index in [0.717, 1.165) is 13.0 Å². The van der Waals surface area contributed by atoms with E-state index >= 15 is 0 Å². The molecule has 0 aromatic heterocycles. The summed E-state index contributed by atoms with van der Waals surface area (Å²) >= 11 is 0. The summed E-state index contributed by atoms with van der Waals surface area (Å²) in [6.45, 7) is 1.20. The average Bonchev–Trinajstić information content (AvgIpc) is 2.17. The first kappa shape index (κ1) is 8.02. The van der Waals surface area contributed by atoms with Crippen LogP contribution in [0.25, 0.3) is 0 Å². The Bertz CT molecular complexity index is 77.3. The van der Waals surface area contributed by atoms with Crippen LogP contribution in [0.4, 0.5) is 0 Å². The minimum absolute atomic E-state index is 0.0810. The van der Waals surface area contributed by atoms with Gasteiger partial charge in [-0.15, -0.1) is 0 Å². The maximum absolute atomic E-state index is 10.3. The molecule has 1 heterocycles. The lowest BCUT2D eigenvalue weighted by molar-refractivity contribution is 0.175. The number of hydrogen-bond acceptors (Lipinski definition) is 1. The third-order valence-corrected chi connectivity index (χ3v) is 2.13. The van der Waals surface area contributed by atoms with Gasteiger partial charge in [-0.1, -0.05) is 12.8 Å². The van der Waals surface area contributed by atoms with Crippen molar-refractivity contribution in [2.75, 3.05) is 13.2 Å². The highest BCUT2D eigenvalue weighted by molar-refractivity contribution is 4.69. The average molecular weight is 142 g/mol. The summed E-state index contributed by atoms with van der Waals surface area (Å²) in [4.78, 5) is 0. The fourth-order valence-electron chi connectivity index (χ4n) is 1.49. The molecule has 1 radical (unpaired) electrons. The lowest BCUT2D eigenvalue weighted by Crippen LogP contribution is -2.28. The van der Waals surface area contributed by atoms with Crippen molar-refractivity contribution in [1.29, 1.82) is 0 Å². The van der Waals surface area contributed by atoms with Gasteiger partial charge in [0.25, 0.3) is 0 Å². The van der Waals surface area contributed by atoms with Gasteiger partial charge in [-0.25, -0.2) is 5.11 Å². The van der Waals surface area contributed by atoms with Crippen LogP contribution >= 0.6 is 0 Å². The van der Waals surface area contributed by atoms with Gasteiger partial charge in [0.1, 0.15) is 0 Å². The highest BCUT2D eigenvalue weighted by Gasteiger charge is 2.09. The molecule has 2 heteroatoms. The Labute approximate surface area is 62.6 Å². The van der Waals surface area contributed by atoms with Crippen LogP contribution in [0, 0.1) is 0 Å². The van der Waals surface area contributed by atoms with Gasteiger partial charge in [0.2, 0.25) is 0 Å². The van der Waals surface area contributed by atoms with Gasteiger partial charge >= 0.3 is 0 Å². The van der Waals surface area contributed by atoms with E-state index in [-0.39, 0.29) is 6.61 Å². The van der Waals surface area contributed by atoms with Gasteiger partial charge in [-0.05, 0) is 25.8 Å². The Morgan fingerprint density at radius 3 is 3.00 bits per heavy atom. The molecule has 0 amide bonds. The van der Waals surface area contributed by atoms with Crippen LogP contribution in [-0.2, 0) is 5.11 Å². The molecular formula is C8H16NO. The quantitative estimate of drug-likeness (QED) is 0.620. The molecular weight excluding hydrogens is 126 g/mol. The smallest absolute Gasteiger partial charge is 0.0837 e. The van der Waals surface area contributed by atoms with Gasteiger partial charge in [-0.3, -0.25) is 0 Å². The Kier molecular flexibility index (Phi) is 3.76. The standard InChI is InChI=1S/C8H16NO/c10-7-5-8-4-2-1-3-6-9-8/h8-9H,1-7H2. The molecule has 1 N–H and O–H groups in total. The van der Waals surface area contributed by atoms with Crippen molar-refractivity contribution < 1.29 is 5.11 Å². The van der Waals surface area contributed by atoms with E-state index in [1.54, 1.807) is 0 Å². The lowest BCUT2D eigenvalue weighted by atomic mass is 10.1. The zero-order valence-corrected chi connectivity index (χ0v) is 6.44.